The van der Waals surface area contributed by atoms with E-state index in [2.05, 4.69) is 10.1 Å². The summed E-state index contributed by atoms with van der Waals surface area (Å²) < 4.78 is 49.3. The molecule has 0 aliphatic carbocycles. The van der Waals surface area contributed by atoms with Gasteiger partial charge in [-0.15, -0.1) is 0 Å². The van der Waals surface area contributed by atoms with Crippen molar-refractivity contribution in [1.29, 1.82) is 0 Å². The van der Waals surface area contributed by atoms with Crippen molar-refractivity contribution in [3.8, 4) is 11.5 Å². The standard InChI is InChI=1S/C20H15F3N2O5.C2H6/c21-20(22,23)19-25-14(10-29-19)16(26)15(18(25)28)17(27)24-11-6-8-13(9-7-11)30-12-4-2-1-3-5-12;1-2/h1-9,14,19,26H,10H2,(H,24,27);1-2H3. The van der Waals surface area contributed by atoms with Crippen LogP contribution in [0.1, 0.15) is 13.8 Å². The number of nitrogens with one attached hydrogen (secondary N) is 1. The molecule has 2 amide bonds. The summed E-state index contributed by atoms with van der Waals surface area (Å²) in [4.78, 5) is 25.2. The third-order valence-electron chi connectivity index (χ3n) is 4.62. The van der Waals surface area contributed by atoms with E-state index in [0.717, 1.165) is 0 Å². The molecule has 2 N–H and O–H groups in total. The van der Waals surface area contributed by atoms with Crippen LogP contribution in [0, 0.1) is 0 Å². The van der Waals surface area contributed by atoms with Crippen molar-refractivity contribution in [2.24, 2.45) is 0 Å². The van der Waals surface area contributed by atoms with E-state index in [-0.39, 0.29) is 5.69 Å². The van der Waals surface area contributed by atoms with Gasteiger partial charge in [0, 0.05) is 5.69 Å². The van der Waals surface area contributed by atoms with Crippen molar-refractivity contribution >= 4 is 17.5 Å². The van der Waals surface area contributed by atoms with E-state index in [1.165, 1.54) is 12.1 Å². The molecule has 2 unspecified atom stereocenters. The highest BCUT2D eigenvalue weighted by molar-refractivity contribution is 6.24. The van der Waals surface area contributed by atoms with Crippen molar-refractivity contribution < 1.29 is 37.3 Å². The normalized spacial score (nSPS) is 19.9. The van der Waals surface area contributed by atoms with Crippen molar-refractivity contribution in [3.05, 3.63) is 65.9 Å². The molecule has 0 radical (unpaired) electrons. The molecule has 0 saturated carbocycles. The molecule has 32 heavy (non-hydrogen) atoms. The van der Waals surface area contributed by atoms with Crippen molar-refractivity contribution in [2.75, 3.05) is 11.9 Å². The maximum atomic E-state index is 13.0. The molecule has 0 bridgehead atoms. The van der Waals surface area contributed by atoms with Gasteiger partial charge in [-0.2, -0.15) is 13.2 Å². The predicted molar refractivity (Wildman–Crippen MR) is 109 cm³/mol. The minimum Gasteiger partial charge on any atom is -0.509 e. The molecular weight excluding hydrogens is 429 g/mol. The fourth-order valence-corrected chi connectivity index (χ4v) is 3.26. The number of aliphatic hydroxyl groups is 1. The van der Waals surface area contributed by atoms with Crippen LogP contribution in [0.3, 0.4) is 0 Å². The quantitative estimate of drug-likeness (QED) is 0.675. The number of hydrogen-bond acceptors (Lipinski definition) is 5. The lowest BCUT2D eigenvalue weighted by atomic mass is 10.2. The van der Waals surface area contributed by atoms with Gasteiger partial charge >= 0.3 is 6.18 Å². The number of ether oxygens (including phenoxy) is 2. The predicted octanol–water partition coefficient (Wildman–Crippen LogP) is 4.39. The third kappa shape index (κ3) is 4.54. The highest BCUT2D eigenvalue weighted by Gasteiger charge is 2.59. The van der Waals surface area contributed by atoms with E-state index in [1.54, 1.807) is 24.3 Å². The lowest BCUT2D eigenvalue weighted by Gasteiger charge is -2.24. The van der Waals surface area contributed by atoms with Crippen molar-refractivity contribution in [3.63, 3.8) is 0 Å². The molecule has 7 nitrogen and oxygen atoms in total. The Hall–Kier alpha value is -3.53. The molecule has 1 saturated heterocycles. The van der Waals surface area contributed by atoms with E-state index in [1.807, 2.05) is 32.0 Å². The summed E-state index contributed by atoms with van der Waals surface area (Å²) in [7, 11) is 0. The van der Waals surface area contributed by atoms with Crippen LogP contribution in [-0.2, 0) is 14.3 Å². The Labute approximate surface area is 182 Å². The maximum absolute atomic E-state index is 13.0. The molecule has 2 atom stereocenters. The van der Waals surface area contributed by atoms with Gasteiger partial charge in [0.05, 0.1) is 6.61 Å². The van der Waals surface area contributed by atoms with E-state index in [0.29, 0.717) is 16.4 Å². The number of hydrogen-bond donors (Lipinski definition) is 2. The van der Waals surface area contributed by atoms with Crippen LogP contribution in [0.25, 0.3) is 0 Å². The summed E-state index contributed by atoms with van der Waals surface area (Å²) in [5.41, 5.74) is -0.466. The highest BCUT2D eigenvalue weighted by Crippen LogP contribution is 2.39. The molecule has 2 aromatic carbocycles. The first-order valence-electron chi connectivity index (χ1n) is 9.84. The molecule has 2 aliphatic heterocycles. The fourth-order valence-electron chi connectivity index (χ4n) is 3.26. The molecule has 2 aliphatic rings. The Balaban J connectivity index is 0.00000141. The lowest BCUT2D eigenvalue weighted by molar-refractivity contribution is -0.238. The number of carbonyl (C=O) groups excluding carboxylic acids is 2. The Bertz CT molecular complexity index is 1010. The SMILES string of the molecule is CC.O=C(Nc1ccc(Oc2ccccc2)cc1)C1=C(O)C2COC(C(F)(F)F)N2C1=O. The largest absolute Gasteiger partial charge is 0.509 e. The number of anilines is 1. The van der Waals surface area contributed by atoms with Crippen LogP contribution in [0.5, 0.6) is 11.5 Å². The molecule has 10 heteroatoms. The number of carbonyl (C=O) groups is 2. The van der Waals surface area contributed by atoms with Crippen LogP contribution in [0.4, 0.5) is 18.9 Å². The van der Waals surface area contributed by atoms with Gasteiger partial charge in [0.15, 0.2) is 0 Å². The zero-order chi connectivity index (χ0) is 23.5. The van der Waals surface area contributed by atoms with Crippen LogP contribution in [0.2, 0.25) is 0 Å². The Morgan fingerprint density at radius 3 is 2.28 bits per heavy atom. The number of fused-ring (bicyclic) bond motifs is 1. The van der Waals surface area contributed by atoms with Crippen molar-refractivity contribution in [1.82, 2.24) is 4.90 Å². The first-order chi connectivity index (χ1) is 15.3. The maximum Gasteiger partial charge on any atom is 0.433 e. The summed E-state index contributed by atoms with van der Waals surface area (Å²) in [6, 6.07) is 13.8. The number of aliphatic hydroxyl groups excluding tert-OH is 1. The average Bonchev–Trinajstić information content (AvgIpc) is 3.32. The molecule has 170 valence electrons. The summed E-state index contributed by atoms with van der Waals surface area (Å²) in [6.07, 6.45) is -7.34. The van der Waals surface area contributed by atoms with Crippen LogP contribution < -0.4 is 10.1 Å². The zero-order valence-corrected chi connectivity index (χ0v) is 17.2. The highest BCUT2D eigenvalue weighted by atomic mass is 19.4. The van der Waals surface area contributed by atoms with Gasteiger partial charge in [0.25, 0.3) is 11.8 Å². The van der Waals surface area contributed by atoms with E-state index in [9.17, 15) is 27.9 Å². The summed E-state index contributed by atoms with van der Waals surface area (Å²) in [6.45, 7) is 3.45. The molecule has 1 fully saturated rings. The molecule has 0 spiro atoms. The van der Waals surface area contributed by atoms with Crippen LogP contribution >= 0.6 is 0 Å². The smallest absolute Gasteiger partial charge is 0.433 e. The lowest BCUT2D eigenvalue weighted by Crippen LogP contribution is -2.46. The van der Waals surface area contributed by atoms with Gasteiger partial charge < -0.3 is 19.9 Å². The minimum atomic E-state index is -4.84. The number of halogens is 3. The van der Waals surface area contributed by atoms with E-state index in [4.69, 9.17) is 4.74 Å². The fraction of sp³-hybridized carbons (Fsp3) is 0.273. The molecular formula is C22H21F3N2O5. The van der Waals surface area contributed by atoms with Gasteiger partial charge in [-0.05, 0) is 36.4 Å². The Morgan fingerprint density at radius 1 is 1.09 bits per heavy atom. The summed E-state index contributed by atoms with van der Waals surface area (Å²) in [5, 5.41) is 12.6. The number of benzene rings is 2. The van der Waals surface area contributed by atoms with E-state index >= 15 is 0 Å². The van der Waals surface area contributed by atoms with Gasteiger partial charge in [0.2, 0.25) is 6.23 Å². The summed E-state index contributed by atoms with van der Waals surface area (Å²) >= 11 is 0. The number of para-hydroxylation sites is 1. The number of amides is 2. The first-order valence-corrected chi connectivity index (χ1v) is 9.84. The summed E-state index contributed by atoms with van der Waals surface area (Å²) in [5.74, 6) is -1.89. The zero-order valence-electron chi connectivity index (χ0n) is 17.2. The third-order valence-corrected chi connectivity index (χ3v) is 4.62. The van der Waals surface area contributed by atoms with Crippen LogP contribution in [-0.4, -0.2) is 46.9 Å². The monoisotopic (exact) mass is 450 g/mol. The second kappa shape index (κ2) is 9.31. The Morgan fingerprint density at radius 2 is 1.69 bits per heavy atom. The average molecular weight is 450 g/mol. The van der Waals surface area contributed by atoms with Crippen molar-refractivity contribution in [2.45, 2.75) is 32.3 Å². The second-order valence-corrected chi connectivity index (χ2v) is 6.61. The number of nitrogens with zero attached hydrogens (tertiary/aromatic N) is 1. The molecule has 4 rings (SSSR count). The molecule has 2 heterocycles. The van der Waals surface area contributed by atoms with E-state index < -0.39 is 48.2 Å². The van der Waals surface area contributed by atoms with Gasteiger partial charge in [-0.1, -0.05) is 32.0 Å². The minimum absolute atomic E-state index is 0.268. The van der Waals surface area contributed by atoms with Gasteiger partial charge in [0.1, 0.15) is 28.9 Å². The second-order valence-electron chi connectivity index (χ2n) is 6.61. The molecule has 2 aromatic rings. The first kappa shape index (κ1) is 23.1. The topological polar surface area (TPSA) is 88.1 Å². The van der Waals surface area contributed by atoms with Gasteiger partial charge in [-0.3, -0.25) is 14.5 Å². The van der Waals surface area contributed by atoms with Crippen LogP contribution in [0.15, 0.2) is 65.9 Å². The molecule has 0 aromatic heterocycles. The van der Waals surface area contributed by atoms with Gasteiger partial charge in [-0.25, -0.2) is 0 Å². The number of rotatable bonds is 4. The number of alkyl halides is 3. The Kier molecular flexibility index (Phi) is 6.73.